The van der Waals surface area contributed by atoms with Gasteiger partial charge in [-0.25, -0.2) is 4.79 Å². The topological polar surface area (TPSA) is 76.0 Å². The van der Waals surface area contributed by atoms with Crippen LogP contribution in [0, 0.1) is 11.8 Å². The first kappa shape index (κ1) is 26.8. The number of aliphatic hydroxyl groups is 2. The number of benzene rings is 3. The zero-order valence-electron chi connectivity index (χ0n) is 21.3. The molecular formula is C32H36O5. The van der Waals surface area contributed by atoms with Crippen LogP contribution in [0.25, 0.3) is 11.1 Å². The Labute approximate surface area is 219 Å². The lowest BCUT2D eigenvalue weighted by atomic mass is 9.90. The van der Waals surface area contributed by atoms with E-state index in [1.54, 1.807) is 12.1 Å². The fraction of sp³-hybridized carbons (Fsp3) is 0.344. The molecule has 4 rings (SSSR count). The van der Waals surface area contributed by atoms with Gasteiger partial charge in [0.15, 0.2) is 0 Å². The Hall–Kier alpha value is -3.25. The third-order valence-electron chi connectivity index (χ3n) is 7.24. The van der Waals surface area contributed by atoms with E-state index in [0.717, 1.165) is 24.0 Å². The molecule has 194 valence electrons. The van der Waals surface area contributed by atoms with E-state index < -0.39 is 12.2 Å². The maximum absolute atomic E-state index is 13.1. The molecule has 1 saturated carbocycles. The molecule has 3 aromatic carbocycles. The van der Waals surface area contributed by atoms with Crippen molar-refractivity contribution < 1.29 is 24.5 Å². The zero-order valence-corrected chi connectivity index (χ0v) is 21.3. The number of ether oxygens (including phenoxy) is 2. The van der Waals surface area contributed by atoms with E-state index >= 15 is 0 Å². The van der Waals surface area contributed by atoms with Crippen LogP contribution in [0.2, 0.25) is 0 Å². The Morgan fingerprint density at radius 1 is 0.946 bits per heavy atom. The van der Waals surface area contributed by atoms with Crippen molar-refractivity contribution >= 4 is 5.97 Å². The zero-order chi connectivity index (χ0) is 26.0. The van der Waals surface area contributed by atoms with Gasteiger partial charge in [0.05, 0.1) is 17.8 Å². The molecule has 0 saturated heterocycles. The van der Waals surface area contributed by atoms with Gasteiger partial charge in [-0.1, -0.05) is 98.3 Å². The van der Waals surface area contributed by atoms with Crippen molar-refractivity contribution in [2.75, 3.05) is 6.79 Å². The van der Waals surface area contributed by atoms with Crippen LogP contribution in [0.3, 0.4) is 0 Å². The van der Waals surface area contributed by atoms with Gasteiger partial charge in [-0.05, 0) is 47.6 Å². The molecule has 0 unspecified atom stereocenters. The summed E-state index contributed by atoms with van der Waals surface area (Å²) in [5, 5.41) is 20.0. The van der Waals surface area contributed by atoms with Crippen molar-refractivity contribution in [2.24, 2.45) is 11.8 Å². The molecule has 0 aliphatic heterocycles. The van der Waals surface area contributed by atoms with Crippen LogP contribution in [0.15, 0.2) is 97.1 Å². The first-order chi connectivity index (χ1) is 18.1. The predicted molar refractivity (Wildman–Crippen MR) is 145 cm³/mol. The molecule has 1 aliphatic rings. The minimum Gasteiger partial charge on any atom is -0.458 e. The standard InChI is InChI=1S/C32H36O5/c1-2-28-29(20-19-27(34)18-13-23-9-5-3-6-10-23)31(21-30(28)36-22-33)37-32(35)26-16-14-25(15-17-26)24-11-7-4-8-12-24/h3-12,14-17,19-20,27-31,33-34H,2,13,18,21-22H2,1H3/b20-19+/t27-,28+,29+,30-,31+/m0/s1. The summed E-state index contributed by atoms with van der Waals surface area (Å²) in [4.78, 5) is 13.1. The Balaban J connectivity index is 1.43. The molecule has 0 amide bonds. The lowest BCUT2D eigenvalue weighted by Crippen LogP contribution is -2.25. The van der Waals surface area contributed by atoms with Gasteiger partial charge in [0.25, 0.3) is 0 Å². The molecule has 5 heteroatoms. The fourth-order valence-corrected chi connectivity index (χ4v) is 5.25. The van der Waals surface area contributed by atoms with Gasteiger partial charge in [0.2, 0.25) is 0 Å². The first-order valence-electron chi connectivity index (χ1n) is 13.1. The number of carbonyl (C=O) groups excluding carboxylic acids is 1. The second-order valence-corrected chi connectivity index (χ2v) is 9.58. The molecule has 0 heterocycles. The van der Waals surface area contributed by atoms with E-state index in [1.807, 2.05) is 72.8 Å². The maximum atomic E-state index is 13.1. The third-order valence-corrected chi connectivity index (χ3v) is 7.24. The van der Waals surface area contributed by atoms with E-state index in [0.29, 0.717) is 18.4 Å². The van der Waals surface area contributed by atoms with Crippen LogP contribution >= 0.6 is 0 Å². The summed E-state index contributed by atoms with van der Waals surface area (Å²) in [5.41, 5.74) is 3.79. The summed E-state index contributed by atoms with van der Waals surface area (Å²) in [5.74, 6) is -0.421. The Morgan fingerprint density at radius 3 is 2.24 bits per heavy atom. The van der Waals surface area contributed by atoms with Crippen molar-refractivity contribution in [3.63, 3.8) is 0 Å². The van der Waals surface area contributed by atoms with Crippen molar-refractivity contribution in [1.29, 1.82) is 0 Å². The second kappa shape index (κ2) is 13.3. The average molecular weight is 501 g/mol. The first-order valence-corrected chi connectivity index (χ1v) is 13.1. The van der Waals surface area contributed by atoms with Gasteiger partial charge in [0.1, 0.15) is 12.9 Å². The summed E-state index contributed by atoms with van der Waals surface area (Å²) in [6, 6.07) is 27.5. The van der Waals surface area contributed by atoms with Crippen molar-refractivity contribution in [2.45, 2.75) is 50.9 Å². The van der Waals surface area contributed by atoms with E-state index in [4.69, 9.17) is 9.47 Å². The van der Waals surface area contributed by atoms with Crippen LogP contribution in [0.1, 0.15) is 42.1 Å². The smallest absolute Gasteiger partial charge is 0.338 e. The SMILES string of the molecule is CC[C@@H]1[C@@H](/C=C/[C@@H](O)CCc2ccccc2)[C@H](OC(=O)c2ccc(-c3ccccc3)cc2)C[C@@H]1OCO. The highest BCUT2D eigenvalue weighted by atomic mass is 16.6. The number of esters is 1. The summed E-state index contributed by atoms with van der Waals surface area (Å²) in [6.07, 6.45) is 5.26. The van der Waals surface area contributed by atoms with E-state index in [9.17, 15) is 15.0 Å². The van der Waals surface area contributed by atoms with Crippen molar-refractivity contribution in [3.05, 3.63) is 108 Å². The average Bonchev–Trinajstić information content (AvgIpc) is 3.27. The molecule has 1 aliphatic carbocycles. The molecule has 0 aromatic heterocycles. The highest BCUT2D eigenvalue weighted by Crippen LogP contribution is 2.40. The molecule has 3 aromatic rings. The highest BCUT2D eigenvalue weighted by molar-refractivity contribution is 5.90. The largest absolute Gasteiger partial charge is 0.458 e. The molecule has 0 spiro atoms. The van der Waals surface area contributed by atoms with Crippen LogP contribution in [-0.2, 0) is 15.9 Å². The van der Waals surface area contributed by atoms with Crippen molar-refractivity contribution in [1.82, 2.24) is 0 Å². The number of carbonyl (C=O) groups is 1. The van der Waals surface area contributed by atoms with Crippen LogP contribution in [0.4, 0.5) is 0 Å². The van der Waals surface area contributed by atoms with Gasteiger partial charge in [-0.3, -0.25) is 0 Å². The quantitative estimate of drug-likeness (QED) is 0.197. The lowest BCUT2D eigenvalue weighted by Gasteiger charge is -2.23. The Bertz CT molecular complexity index is 1130. The molecule has 37 heavy (non-hydrogen) atoms. The summed E-state index contributed by atoms with van der Waals surface area (Å²) >= 11 is 0. The summed E-state index contributed by atoms with van der Waals surface area (Å²) < 4.78 is 11.6. The molecule has 0 bridgehead atoms. The second-order valence-electron chi connectivity index (χ2n) is 9.58. The molecule has 2 N–H and O–H groups in total. The fourth-order valence-electron chi connectivity index (χ4n) is 5.25. The highest BCUT2D eigenvalue weighted by Gasteiger charge is 2.43. The van der Waals surface area contributed by atoms with E-state index in [2.05, 4.69) is 19.1 Å². The molecule has 0 radical (unpaired) electrons. The maximum Gasteiger partial charge on any atom is 0.338 e. The van der Waals surface area contributed by atoms with Gasteiger partial charge in [-0.15, -0.1) is 0 Å². The van der Waals surface area contributed by atoms with E-state index in [-0.39, 0.29) is 30.7 Å². The molecular weight excluding hydrogens is 464 g/mol. The number of hydrogen-bond acceptors (Lipinski definition) is 5. The summed E-state index contributed by atoms with van der Waals surface area (Å²) in [6.45, 7) is 1.69. The van der Waals surface area contributed by atoms with Gasteiger partial charge >= 0.3 is 5.97 Å². The number of hydrogen-bond donors (Lipinski definition) is 2. The Morgan fingerprint density at radius 2 is 1.59 bits per heavy atom. The number of aryl methyl sites for hydroxylation is 1. The monoisotopic (exact) mass is 500 g/mol. The molecule has 1 fully saturated rings. The number of rotatable bonds is 11. The third kappa shape index (κ3) is 7.16. The lowest BCUT2D eigenvalue weighted by molar-refractivity contribution is -0.0679. The minimum absolute atomic E-state index is 0.0722. The normalized spacial score (nSPS) is 22.2. The van der Waals surface area contributed by atoms with E-state index in [1.165, 1.54) is 5.56 Å². The number of aliphatic hydroxyl groups excluding tert-OH is 2. The van der Waals surface area contributed by atoms with Crippen LogP contribution in [-0.4, -0.2) is 41.3 Å². The predicted octanol–water partition coefficient (Wildman–Crippen LogP) is 5.81. The van der Waals surface area contributed by atoms with Crippen LogP contribution < -0.4 is 0 Å². The minimum atomic E-state index is -0.600. The van der Waals surface area contributed by atoms with Crippen molar-refractivity contribution in [3.8, 4) is 11.1 Å². The molecule has 5 atom stereocenters. The Kier molecular flexibility index (Phi) is 9.66. The van der Waals surface area contributed by atoms with Crippen LogP contribution in [0.5, 0.6) is 0 Å². The van der Waals surface area contributed by atoms with Gasteiger partial charge in [0, 0.05) is 12.3 Å². The van der Waals surface area contributed by atoms with Gasteiger partial charge in [-0.2, -0.15) is 0 Å². The molecule has 5 nitrogen and oxygen atoms in total. The van der Waals surface area contributed by atoms with Gasteiger partial charge < -0.3 is 19.7 Å². The summed E-state index contributed by atoms with van der Waals surface area (Å²) in [7, 11) is 0.